The number of ketones is 2. The van der Waals surface area contributed by atoms with Crippen molar-refractivity contribution in [3.05, 3.63) is 34.1 Å². The lowest BCUT2D eigenvalue weighted by atomic mass is 9.58. The summed E-state index contributed by atoms with van der Waals surface area (Å²) in [6, 6.07) is 0. The number of carbonyl (C=O) groups is 2. The number of Topliss-reactive ketones (excluding diaryl/α,β-unsaturated/α-hetero) is 2. The van der Waals surface area contributed by atoms with Crippen LogP contribution in [0.2, 0.25) is 0 Å². The van der Waals surface area contributed by atoms with Crippen LogP contribution in [0.1, 0.15) is 53.9 Å². The lowest BCUT2D eigenvalue weighted by molar-refractivity contribution is -0.133. The van der Waals surface area contributed by atoms with E-state index in [9.17, 15) is 14.7 Å². The molecule has 1 N–H and O–H groups in total. The molecule has 22 heavy (non-hydrogen) atoms. The first kappa shape index (κ1) is 15.3. The van der Waals surface area contributed by atoms with Crippen molar-refractivity contribution in [2.75, 3.05) is 0 Å². The third-order valence-corrected chi connectivity index (χ3v) is 5.68. The predicted octanol–water partition coefficient (Wildman–Crippen LogP) is 4.06. The van der Waals surface area contributed by atoms with Crippen LogP contribution in [-0.2, 0) is 9.59 Å². The van der Waals surface area contributed by atoms with Crippen molar-refractivity contribution in [1.29, 1.82) is 0 Å². The fourth-order valence-corrected chi connectivity index (χ4v) is 4.61. The summed E-state index contributed by atoms with van der Waals surface area (Å²) in [5, 5.41) is 10.6. The van der Waals surface area contributed by atoms with Crippen LogP contribution in [0.15, 0.2) is 34.1 Å². The lowest BCUT2D eigenvalue weighted by Crippen LogP contribution is -2.39. The Labute approximate surface area is 131 Å². The molecule has 1 unspecified atom stereocenters. The van der Waals surface area contributed by atoms with Gasteiger partial charge in [0.2, 0.25) is 11.6 Å². The molecule has 3 heteroatoms. The first-order chi connectivity index (χ1) is 10.1. The molecule has 0 aromatic carbocycles. The summed E-state index contributed by atoms with van der Waals surface area (Å²) in [4.78, 5) is 25.2. The van der Waals surface area contributed by atoms with Gasteiger partial charge in [-0.1, -0.05) is 52.7 Å². The molecule has 1 fully saturated rings. The first-order valence-corrected chi connectivity index (χ1v) is 8.11. The van der Waals surface area contributed by atoms with Crippen LogP contribution in [0.4, 0.5) is 0 Å². The number of fused-ring (bicyclic) bond motifs is 2. The van der Waals surface area contributed by atoms with Gasteiger partial charge in [0.1, 0.15) is 5.76 Å². The molecule has 3 nitrogen and oxygen atoms in total. The van der Waals surface area contributed by atoms with Gasteiger partial charge in [0, 0.05) is 22.1 Å². The maximum atomic E-state index is 12.8. The van der Waals surface area contributed by atoms with Crippen LogP contribution in [0.5, 0.6) is 0 Å². The fraction of sp³-hybridized carbons (Fsp3) is 0.579. The molecule has 0 spiro atoms. The molecule has 1 atom stereocenters. The standard InChI is InChI=1S/C19H24O3/c1-10(2)13-15(20)11-9-12-18(3,4)7-6-8-19(12,5)14(11)17(22)16(13)21/h9-10,20H,6-8H2,1-5H3. The number of rotatable bonds is 1. The van der Waals surface area contributed by atoms with E-state index >= 15 is 0 Å². The molecule has 0 aromatic rings. The minimum Gasteiger partial charge on any atom is -0.507 e. The van der Waals surface area contributed by atoms with Crippen molar-refractivity contribution < 1.29 is 14.7 Å². The van der Waals surface area contributed by atoms with Crippen LogP contribution in [-0.4, -0.2) is 16.7 Å². The van der Waals surface area contributed by atoms with E-state index in [0.717, 1.165) is 19.3 Å². The molecule has 0 amide bonds. The summed E-state index contributed by atoms with van der Waals surface area (Å²) in [5.74, 6) is -1.07. The molecule has 1 saturated carbocycles. The minimum atomic E-state index is -0.523. The van der Waals surface area contributed by atoms with E-state index < -0.39 is 17.0 Å². The Morgan fingerprint density at radius 3 is 2.32 bits per heavy atom. The van der Waals surface area contributed by atoms with Crippen molar-refractivity contribution >= 4 is 11.6 Å². The first-order valence-electron chi connectivity index (χ1n) is 8.11. The molecule has 0 radical (unpaired) electrons. The van der Waals surface area contributed by atoms with Crippen molar-refractivity contribution in [3.63, 3.8) is 0 Å². The average Bonchev–Trinajstić information content (AvgIpc) is 2.71. The maximum Gasteiger partial charge on any atom is 0.233 e. The van der Waals surface area contributed by atoms with Crippen molar-refractivity contribution in [1.82, 2.24) is 0 Å². The van der Waals surface area contributed by atoms with Crippen molar-refractivity contribution in [2.45, 2.75) is 53.9 Å². The molecule has 0 aromatic heterocycles. The highest BCUT2D eigenvalue weighted by Crippen LogP contribution is 2.60. The third-order valence-electron chi connectivity index (χ3n) is 5.68. The van der Waals surface area contributed by atoms with E-state index in [1.807, 2.05) is 19.9 Å². The monoisotopic (exact) mass is 300 g/mol. The topological polar surface area (TPSA) is 54.4 Å². The maximum absolute atomic E-state index is 12.8. The van der Waals surface area contributed by atoms with Gasteiger partial charge in [-0.05, 0) is 24.2 Å². The van der Waals surface area contributed by atoms with Gasteiger partial charge in [-0.15, -0.1) is 0 Å². The summed E-state index contributed by atoms with van der Waals surface area (Å²) >= 11 is 0. The zero-order valence-corrected chi connectivity index (χ0v) is 14.0. The van der Waals surface area contributed by atoms with Crippen LogP contribution >= 0.6 is 0 Å². The molecule has 0 heterocycles. The molecule has 3 aliphatic rings. The minimum absolute atomic E-state index is 0.00799. The molecule has 3 rings (SSSR count). The molecule has 3 aliphatic carbocycles. The fourth-order valence-electron chi connectivity index (χ4n) is 4.61. The normalized spacial score (nSPS) is 30.7. The Kier molecular flexibility index (Phi) is 3.08. The highest BCUT2D eigenvalue weighted by Gasteiger charge is 2.53. The predicted molar refractivity (Wildman–Crippen MR) is 85.4 cm³/mol. The highest BCUT2D eigenvalue weighted by molar-refractivity contribution is 6.51. The number of aliphatic hydroxyl groups is 1. The Balaban J connectivity index is 2.26. The largest absolute Gasteiger partial charge is 0.507 e. The molecular weight excluding hydrogens is 276 g/mol. The Morgan fingerprint density at radius 1 is 1.09 bits per heavy atom. The number of allylic oxidation sites excluding steroid dienone is 4. The number of hydrogen-bond acceptors (Lipinski definition) is 3. The lowest BCUT2D eigenvalue weighted by Gasteiger charge is -2.44. The van der Waals surface area contributed by atoms with Gasteiger partial charge in [-0.2, -0.15) is 0 Å². The van der Waals surface area contributed by atoms with E-state index in [2.05, 4.69) is 20.8 Å². The van der Waals surface area contributed by atoms with Gasteiger partial charge in [0.05, 0.1) is 0 Å². The van der Waals surface area contributed by atoms with Gasteiger partial charge < -0.3 is 5.11 Å². The molecule has 0 bridgehead atoms. The molecule has 118 valence electrons. The molecule has 0 aliphatic heterocycles. The van der Waals surface area contributed by atoms with E-state index in [-0.39, 0.29) is 22.7 Å². The van der Waals surface area contributed by atoms with Crippen LogP contribution in [0.3, 0.4) is 0 Å². The molecular formula is C19H24O3. The van der Waals surface area contributed by atoms with Crippen molar-refractivity contribution in [3.8, 4) is 0 Å². The second-order valence-corrected chi connectivity index (χ2v) is 7.99. The smallest absolute Gasteiger partial charge is 0.233 e. The van der Waals surface area contributed by atoms with Crippen molar-refractivity contribution in [2.24, 2.45) is 16.7 Å². The van der Waals surface area contributed by atoms with Gasteiger partial charge in [0.25, 0.3) is 0 Å². The second kappa shape index (κ2) is 4.43. The zero-order valence-electron chi connectivity index (χ0n) is 14.0. The summed E-state index contributed by atoms with van der Waals surface area (Å²) in [7, 11) is 0. The summed E-state index contributed by atoms with van der Waals surface area (Å²) in [6.45, 7) is 10.1. The van der Waals surface area contributed by atoms with E-state index in [1.165, 1.54) is 5.57 Å². The van der Waals surface area contributed by atoms with Crippen LogP contribution < -0.4 is 0 Å². The summed E-state index contributed by atoms with van der Waals surface area (Å²) < 4.78 is 0. The molecule has 0 saturated heterocycles. The Hall–Kier alpha value is -1.64. The van der Waals surface area contributed by atoms with Gasteiger partial charge in [0.15, 0.2) is 0 Å². The second-order valence-electron chi connectivity index (χ2n) is 7.99. The van der Waals surface area contributed by atoms with E-state index in [1.54, 1.807) is 0 Å². The van der Waals surface area contributed by atoms with Gasteiger partial charge in [-0.3, -0.25) is 9.59 Å². The van der Waals surface area contributed by atoms with E-state index in [0.29, 0.717) is 11.1 Å². The zero-order chi connectivity index (χ0) is 16.4. The highest BCUT2D eigenvalue weighted by atomic mass is 16.3. The van der Waals surface area contributed by atoms with Gasteiger partial charge >= 0.3 is 0 Å². The third kappa shape index (κ3) is 1.74. The van der Waals surface area contributed by atoms with Gasteiger partial charge in [-0.25, -0.2) is 0 Å². The van der Waals surface area contributed by atoms with Crippen LogP contribution in [0.25, 0.3) is 0 Å². The SMILES string of the molecule is CC(C)C1=C(O)C2=C(C(=O)C1=O)C1(C)CCCC(C)(C)C1=C2. The summed E-state index contributed by atoms with van der Waals surface area (Å²) in [6.07, 6.45) is 4.94. The average molecular weight is 300 g/mol. The number of hydrogen-bond donors (Lipinski definition) is 1. The number of aliphatic hydroxyl groups excluding tert-OH is 1. The Morgan fingerprint density at radius 2 is 1.73 bits per heavy atom. The summed E-state index contributed by atoms with van der Waals surface area (Å²) in [5.41, 5.74) is 2.17. The number of carbonyl (C=O) groups excluding carboxylic acids is 2. The quantitative estimate of drug-likeness (QED) is 0.587. The van der Waals surface area contributed by atoms with Crippen LogP contribution in [0, 0.1) is 16.7 Å². The van der Waals surface area contributed by atoms with E-state index in [4.69, 9.17) is 0 Å². The Bertz CT molecular complexity index is 685.